The van der Waals surface area contributed by atoms with E-state index in [-0.39, 0.29) is 24.3 Å². The highest BCUT2D eigenvalue weighted by Crippen LogP contribution is 2.14. The van der Waals surface area contributed by atoms with E-state index in [1.165, 1.54) is 11.0 Å². The van der Waals surface area contributed by atoms with Crippen molar-refractivity contribution in [3.8, 4) is 0 Å². The number of piperazine rings is 1. The van der Waals surface area contributed by atoms with E-state index in [2.05, 4.69) is 5.32 Å². The molecule has 2 aromatic rings. The van der Waals surface area contributed by atoms with Crippen LogP contribution < -0.4 is 5.32 Å². The Labute approximate surface area is 169 Å². The zero-order chi connectivity index (χ0) is 21.0. The molecule has 3 amide bonds. The van der Waals surface area contributed by atoms with Gasteiger partial charge in [-0.05, 0) is 37.6 Å². The van der Waals surface area contributed by atoms with Gasteiger partial charge in [0.05, 0.1) is 0 Å². The quantitative estimate of drug-likeness (QED) is 0.761. The van der Waals surface area contributed by atoms with Crippen LogP contribution in [0.25, 0.3) is 0 Å². The molecule has 0 saturated carbocycles. The van der Waals surface area contributed by atoms with Gasteiger partial charge in [-0.25, -0.2) is 4.39 Å². The molecule has 0 radical (unpaired) electrons. The summed E-state index contributed by atoms with van der Waals surface area (Å²) < 4.78 is 13.6. The number of carbonyl (C=O) groups excluding carboxylic acids is 3. The third-order valence-electron chi connectivity index (χ3n) is 4.95. The highest BCUT2D eigenvalue weighted by molar-refractivity contribution is 6.35. The Balaban J connectivity index is 1.57. The van der Waals surface area contributed by atoms with Gasteiger partial charge in [0, 0.05) is 43.3 Å². The van der Waals surface area contributed by atoms with Gasteiger partial charge in [-0.3, -0.25) is 14.4 Å². The van der Waals surface area contributed by atoms with E-state index in [9.17, 15) is 18.8 Å². The van der Waals surface area contributed by atoms with Gasteiger partial charge in [-0.2, -0.15) is 0 Å². The van der Waals surface area contributed by atoms with Crippen molar-refractivity contribution < 1.29 is 18.8 Å². The van der Waals surface area contributed by atoms with Crippen molar-refractivity contribution in [1.29, 1.82) is 0 Å². The lowest BCUT2D eigenvalue weighted by Gasteiger charge is -2.36. The van der Waals surface area contributed by atoms with Crippen molar-refractivity contribution in [3.05, 3.63) is 71.0 Å². The van der Waals surface area contributed by atoms with E-state index >= 15 is 0 Å². The number of hydrogen-bond donors (Lipinski definition) is 1. The van der Waals surface area contributed by atoms with Crippen LogP contribution in [-0.4, -0.2) is 46.7 Å². The molecule has 0 aromatic heterocycles. The maximum Gasteiger partial charge on any atom is 0.312 e. The summed E-state index contributed by atoms with van der Waals surface area (Å²) in [5.74, 6) is -1.65. The maximum atomic E-state index is 13.6. The summed E-state index contributed by atoms with van der Waals surface area (Å²) in [6.45, 7) is 5.18. The smallest absolute Gasteiger partial charge is 0.312 e. The zero-order valence-electron chi connectivity index (χ0n) is 16.5. The number of hydrogen-bond acceptors (Lipinski definition) is 3. The maximum absolute atomic E-state index is 13.6. The lowest BCUT2D eigenvalue weighted by atomic mass is 10.1. The first-order valence-electron chi connectivity index (χ1n) is 9.57. The Kier molecular flexibility index (Phi) is 6.26. The number of carbonyl (C=O) groups is 3. The van der Waals surface area contributed by atoms with Crippen LogP contribution in [0.3, 0.4) is 0 Å². The molecule has 3 rings (SSSR count). The minimum atomic E-state index is -0.503. The second kappa shape index (κ2) is 8.86. The molecule has 0 spiro atoms. The molecular weight excluding hydrogens is 373 g/mol. The monoisotopic (exact) mass is 397 g/mol. The van der Waals surface area contributed by atoms with Crippen LogP contribution >= 0.6 is 0 Å². The zero-order valence-corrected chi connectivity index (χ0v) is 16.5. The number of benzene rings is 2. The lowest BCUT2D eigenvalue weighted by molar-refractivity contribution is -0.157. The van der Waals surface area contributed by atoms with Crippen LogP contribution in [0, 0.1) is 5.82 Å². The molecule has 29 heavy (non-hydrogen) atoms. The van der Waals surface area contributed by atoms with Crippen molar-refractivity contribution >= 4 is 17.7 Å². The minimum Gasteiger partial charge on any atom is -0.348 e. The fourth-order valence-electron chi connectivity index (χ4n) is 3.23. The van der Waals surface area contributed by atoms with Crippen molar-refractivity contribution in [2.45, 2.75) is 33.0 Å². The first-order chi connectivity index (χ1) is 13.9. The molecule has 0 aliphatic carbocycles. The predicted molar refractivity (Wildman–Crippen MR) is 106 cm³/mol. The molecule has 6 nitrogen and oxygen atoms in total. The number of halogens is 1. The molecular formula is C22H24FN3O3. The van der Waals surface area contributed by atoms with Gasteiger partial charge in [0.15, 0.2) is 0 Å². The van der Waals surface area contributed by atoms with Gasteiger partial charge in [0.2, 0.25) is 0 Å². The Morgan fingerprint density at radius 1 is 1.03 bits per heavy atom. The molecule has 0 bridgehead atoms. The van der Waals surface area contributed by atoms with Crippen molar-refractivity contribution in [2.75, 3.05) is 13.1 Å². The third-order valence-corrected chi connectivity index (χ3v) is 4.95. The van der Waals surface area contributed by atoms with Crippen LogP contribution in [0.2, 0.25) is 0 Å². The molecule has 0 unspecified atom stereocenters. The molecule has 1 N–H and O–H groups in total. The Bertz CT molecular complexity index is 912. The van der Waals surface area contributed by atoms with Gasteiger partial charge in [0.1, 0.15) is 5.82 Å². The van der Waals surface area contributed by atoms with Crippen molar-refractivity contribution in [2.24, 2.45) is 0 Å². The predicted octanol–water partition coefficient (Wildman–Crippen LogP) is 2.33. The number of nitrogens with zero attached hydrogens (tertiary/aromatic N) is 2. The SMILES string of the molecule is CC(C)N1CCN(Cc2ccc(C(=O)NCc3ccccc3F)cc2)C(=O)C1=O. The molecule has 1 fully saturated rings. The summed E-state index contributed by atoms with van der Waals surface area (Å²) in [5.41, 5.74) is 1.69. The largest absolute Gasteiger partial charge is 0.348 e. The first-order valence-corrected chi connectivity index (χ1v) is 9.57. The van der Waals surface area contributed by atoms with Crippen LogP contribution in [0.5, 0.6) is 0 Å². The molecule has 1 aliphatic heterocycles. The van der Waals surface area contributed by atoms with E-state index in [1.54, 1.807) is 47.4 Å². The average Bonchev–Trinajstić information content (AvgIpc) is 2.71. The number of nitrogens with one attached hydrogen (secondary N) is 1. The van der Waals surface area contributed by atoms with Crippen LogP contribution in [0.15, 0.2) is 48.5 Å². The molecule has 152 valence electrons. The summed E-state index contributed by atoms with van der Waals surface area (Å²) in [7, 11) is 0. The van der Waals surface area contributed by atoms with E-state index in [1.807, 2.05) is 13.8 Å². The van der Waals surface area contributed by atoms with E-state index in [4.69, 9.17) is 0 Å². The summed E-state index contributed by atoms with van der Waals surface area (Å²) in [4.78, 5) is 39.9. The third kappa shape index (κ3) is 4.80. The van der Waals surface area contributed by atoms with Crippen LogP contribution in [-0.2, 0) is 22.7 Å². The minimum absolute atomic E-state index is 0.00393. The normalized spacial score (nSPS) is 14.5. The average molecular weight is 397 g/mol. The van der Waals surface area contributed by atoms with Crippen molar-refractivity contribution in [1.82, 2.24) is 15.1 Å². The van der Waals surface area contributed by atoms with Gasteiger partial charge in [0.25, 0.3) is 5.91 Å². The lowest BCUT2D eigenvalue weighted by Crippen LogP contribution is -2.55. The number of rotatable bonds is 6. The standard InChI is InChI=1S/C22H24FN3O3/c1-15(2)26-12-11-25(21(28)22(26)29)14-16-7-9-17(10-8-16)20(27)24-13-18-5-3-4-6-19(18)23/h3-10,15H,11-14H2,1-2H3,(H,24,27). The van der Waals surface area contributed by atoms with E-state index in [0.717, 1.165) is 5.56 Å². The second-order valence-electron chi connectivity index (χ2n) is 7.29. The summed E-state index contributed by atoms with van der Waals surface area (Å²) >= 11 is 0. The van der Waals surface area contributed by atoms with Crippen LogP contribution in [0.4, 0.5) is 4.39 Å². The second-order valence-corrected chi connectivity index (χ2v) is 7.29. The summed E-state index contributed by atoms with van der Waals surface area (Å²) in [6, 6.07) is 13.1. The molecule has 1 aliphatic rings. The summed E-state index contributed by atoms with van der Waals surface area (Å²) in [6.07, 6.45) is 0. The molecule has 7 heteroatoms. The fourth-order valence-corrected chi connectivity index (χ4v) is 3.23. The Morgan fingerprint density at radius 2 is 1.72 bits per heavy atom. The Hall–Kier alpha value is -3.22. The van der Waals surface area contributed by atoms with Crippen LogP contribution in [0.1, 0.15) is 35.3 Å². The van der Waals surface area contributed by atoms with Crippen molar-refractivity contribution in [3.63, 3.8) is 0 Å². The highest BCUT2D eigenvalue weighted by atomic mass is 19.1. The molecule has 1 saturated heterocycles. The van der Waals surface area contributed by atoms with Gasteiger partial charge in [-0.1, -0.05) is 30.3 Å². The van der Waals surface area contributed by atoms with Gasteiger partial charge in [-0.15, -0.1) is 0 Å². The highest BCUT2D eigenvalue weighted by Gasteiger charge is 2.33. The van der Waals surface area contributed by atoms with Gasteiger partial charge < -0.3 is 15.1 Å². The molecule has 2 aromatic carbocycles. The topological polar surface area (TPSA) is 69.7 Å². The Morgan fingerprint density at radius 3 is 2.38 bits per heavy atom. The number of amides is 3. The molecule has 0 atom stereocenters. The van der Waals surface area contributed by atoms with E-state index in [0.29, 0.717) is 30.8 Å². The fraction of sp³-hybridized carbons (Fsp3) is 0.318. The molecule has 1 heterocycles. The van der Waals surface area contributed by atoms with Gasteiger partial charge >= 0.3 is 11.8 Å². The summed E-state index contributed by atoms with van der Waals surface area (Å²) in [5, 5.41) is 2.69. The van der Waals surface area contributed by atoms with E-state index < -0.39 is 11.8 Å². The first kappa shape index (κ1) is 20.5.